The van der Waals surface area contributed by atoms with Crippen molar-refractivity contribution in [3.05, 3.63) is 65.2 Å². The third kappa shape index (κ3) is 3.14. The number of para-hydroxylation sites is 1. The number of aryl methyl sites for hydroxylation is 1. The van der Waals surface area contributed by atoms with Crippen molar-refractivity contribution in [2.45, 2.75) is 19.4 Å². The van der Waals surface area contributed by atoms with E-state index >= 15 is 0 Å². The summed E-state index contributed by atoms with van der Waals surface area (Å²) in [6.45, 7) is 2.01. The zero-order chi connectivity index (χ0) is 17.3. The molecule has 0 aliphatic carbocycles. The van der Waals surface area contributed by atoms with Crippen LogP contribution in [0.25, 0.3) is 0 Å². The Morgan fingerprint density at radius 1 is 1.12 bits per heavy atom. The number of benzene rings is 2. The SMILES string of the molecule is COc1ccccc1[C@H]1CC(c2ccc(C)cc2)=NN1S(C)(=O)=O. The molecule has 2 aromatic carbocycles. The van der Waals surface area contributed by atoms with Crippen LogP contribution in [-0.2, 0) is 10.0 Å². The fourth-order valence-corrected chi connectivity index (χ4v) is 3.79. The van der Waals surface area contributed by atoms with E-state index in [-0.39, 0.29) is 0 Å². The van der Waals surface area contributed by atoms with Crippen molar-refractivity contribution >= 4 is 15.7 Å². The van der Waals surface area contributed by atoms with Crippen LogP contribution in [0.3, 0.4) is 0 Å². The lowest BCUT2D eigenvalue weighted by molar-refractivity contribution is 0.352. The highest BCUT2D eigenvalue weighted by molar-refractivity contribution is 7.88. The van der Waals surface area contributed by atoms with E-state index in [1.807, 2.05) is 55.5 Å². The van der Waals surface area contributed by atoms with Gasteiger partial charge in [0.1, 0.15) is 5.75 Å². The Labute approximate surface area is 142 Å². The summed E-state index contributed by atoms with van der Waals surface area (Å²) >= 11 is 0. The van der Waals surface area contributed by atoms with E-state index in [2.05, 4.69) is 5.10 Å². The molecule has 1 aliphatic heterocycles. The van der Waals surface area contributed by atoms with Crippen LogP contribution in [0, 0.1) is 6.92 Å². The zero-order valence-electron chi connectivity index (χ0n) is 13.9. The molecule has 1 heterocycles. The van der Waals surface area contributed by atoms with Gasteiger partial charge in [-0.1, -0.05) is 48.0 Å². The molecule has 0 fully saturated rings. The average molecular weight is 344 g/mol. The van der Waals surface area contributed by atoms with Crippen molar-refractivity contribution in [3.63, 3.8) is 0 Å². The topological polar surface area (TPSA) is 59.0 Å². The van der Waals surface area contributed by atoms with Crippen molar-refractivity contribution < 1.29 is 13.2 Å². The van der Waals surface area contributed by atoms with Gasteiger partial charge in [-0.2, -0.15) is 9.52 Å². The molecule has 2 aromatic rings. The molecular formula is C18H20N2O3S. The number of hydrogen-bond donors (Lipinski definition) is 0. The predicted octanol–water partition coefficient (Wildman–Crippen LogP) is 3.11. The molecule has 0 amide bonds. The van der Waals surface area contributed by atoms with Crippen molar-refractivity contribution in [2.24, 2.45) is 5.10 Å². The largest absolute Gasteiger partial charge is 0.496 e. The molecule has 126 valence electrons. The van der Waals surface area contributed by atoms with Crippen LogP contribution in [0.5, 0.6) is 5.75 Å². The average Bonchev–Trinajstić information content (AvgIpc) is 3.01. The Morgan fingerprint density at radius 3 is 2.42 bits per heavy atom. The van der Waals surface area contributed by atoms with Gasteiger partial charge in [-0.15, -0.1) is 0 Å². The first kappa shape index (κ1) is 16.5. The van der Waals surface area contributed by atoms with E-state index in [9.17, 15) is 8.42 Å². The molecule has 0 aromatic heterocycles. The number of rotatable bonds is 4. The minimum absolute atomic E-state index is 0.396. The number of sulfonamides is 1. The van der Waals surface area contributed by atoms with E-state index in [4.69, 9.17) is 4.74 Å². The molecule has 0 N–H and O–H groups in total. The highest BCUT2D eigenvalue weighted by Crippen LogP contribution is 2.38. The number of hydrogen-bond acceptors (Lipinski definition) is 4. The normalized spacial score (nSPS) is 17.7. The summed E-state index contributed by atoms with van der Waals surface area (Å²) in [5.74, 6) is 0.663. The second-order valence-electron chi connectivity index (χ2n) is 5.91. The Hall–Kier alpha value is -2.34. The highest BCUT2D eigenvalue weighted by atomic mass is 32.2. The molecule has 3 rings (SSSR count). The first-order chi connectivity index (χ1) is 11.4. The van der Waals surface area contributed by atoms with Crippen molar-refractivity contribution in [3.8, 4) is 5.75 Å². The van der Waals surface area contributed by atoms with Crippen LogP contribution in [0.1, 0.15) is 29.2 Å². The first-order valence-corrected chi connectivity index (χ1v) is 9.52. The third-order valence-electron chi connectivity index (χ3n) is 4.10. The lowest BCUT2D eigenvalue weighted by atomic mass is 9.98. The maximum absolute atomic E-state index is 12.2. The Morgan fingerprint density at radius 2 is 1.79 bits per heavy atom. The van der Waals surface area contributed by atoms with E-state index < -0.39 is 16.1 Å². The fraction of sp³-hybridized carbons (Fsp3) is 0.278. The number of hydrazone groups is 1. The molecule has 24 heavy (non-hydrogen) atoms. The van der Waals surface area contributed by atoms with Gasteiger partial charge in [0.15, 0.2) is 0 Å². The predicted molar refractivity (Wildman–Crippen MR) is 94.8 cm³/mol. The Bertz CT molecular complexity index is 873. The van der Waals surface area contributed by atoms with Crippen LogP contribution >= 0.6 is 0 Å². The van der Waals surface area contributed by atoms with Gasteiger partial charge in [-0.3, -0.25) is 0 Å². The molecule has 0 saturated carbocycles. The standard InChI is InChI=1S/C18H20N2O3S/c1-13-8-10-14(11-9-13)16-12-17(20(19-16)24(3,21)22)15-6-4-5-7-18(15)23-2/h4-11,17H,12H2,1-3H3/t17-/m1/s1. The number of nitrogens with zero attached hydrogens (tertiary/aromatic N) is 2. The molecule has 0 spiro atoms. The number of ether oxygens (including phenoxy) is 1. The van der Waals surface area contributed by atoms with Crippen molar-refractivity contribution in [1.82, 2.24) is 4.41 Å². The third-order valence-corrected chi connectivity index (χ3v) is 5.11. The second kappa shape index (κ2) is 6.28. The smallest absolute Gasteiger partial charge is 0.247 e. The van der Waals surface area contributed by atoms with Gasteiger partial charge in [0.2, 0.25) is 10.0 Å². The summed E-state index contributed by atoms with van der Waals surface area (Å²) < 4.78 is 31.0. The van der Waals surface area contributed by atoms with Gasteiger partial charge < -0.3 is 4.74 Å². The molecule has 1 aliphatic rings. The zero-order valence-corrected chi connectivity index (χ0v) is 14.7. The fourth-order valence-electron chi connectivity index (χ4n) is 2.89. The summed E-state index contributed by atoms with van der Waals surface area (Å²) in [7, 11) is -1.90. The maximum Gasteiger partial charge on any atom is 0.247 e. The minimum Gasteiger partial charge on any atom is -0.496 e. The lowest BCUT2D eigenvalue weighted by Gasteiger charge is -2.23. The van der Waals surface area contributed by atoms with Crippen LogP contribution in [-0.4, -0.2) is 31.9 Å². The first-order valence-electron chi connectivity index (χ1n) is 7.67. The molecule has 0 unspecified atom stereocenters. The summed E-state index contributed by atoms with van der Waals surface area (Å²) in [6, 6.07) is 15.0. The van der Waals surface area contributed by atoms with E-state index in [0.29, 0.717) is 12.2 Å². The Kier molecular flexibility index (Phi) is 4.32. The van der Waals surface area contributed by atoms with Crippen LogP contribution in [0.15, 0.2) is 53.6 Å². The van der Waals surface area contributed by atoms with Crippen molar-refractivity contribution in [1.29, 1.82) is 0 Å². The van der Waals surface area contributed by atoms with Gasteiger partial charge in [0.25, 0.3) is 0 Å². The molecule has 0 saturated heterocycles. The van der Waals surface area contributed by atoms with Gasteiger partial charge in [0.05, 0.1) is 25.1 Å². The quantitative estimate of drug-likeness (QED) is 0.856. The Balaban J connectivity index is 2.04. The van der Waals surface area contributed by atoms with Gasteiger partial charge in [-0.05, 0) is 18.6 Å². The van der Waals surface area contributed by atoms with Crippen LogP contribution in [0.4, 0.5) is 0 Å². The highest BCUT2D eigenvalue weighted by Gasteiger charge is 2.35. The van der Waals surface area contributed by atoms with E-state index in [1.54, 1.807) is 7.11 Å². The lowest BCUT2D eigenvalue weighted by Crippen LogP contribution is -2.26. The summed E-state index contributed by atoms with van der Waals surface area (Å²) in [5, 5.41) is 4.40. The molecule has 5 nitrogen and oxygen atoms in total. The summed E-state index contributed by atoms with van der Waals surface area (Å²) in [5.41, 5.74) is 3.66. The molecule has 0 bridgehead atoms. The molecule has 0 radical (unpaired) electrons. The van der Waals surface area contributed by atoms with Gasteiger partial charge in [0, 0.05) is 12.0 Å². The molecule has 6 heteroatoms. The minimum atomic E-state index is -3.48. The van der Waals surface area contributed by atoms with Gasteiger partial charge >= 0.3 is 0 Å². The summed E-state index contributed by atoms with van der Waals surface area (Å²) in [6.07, 6.45) is 1.69. The number of methoxy groups -OCH3 is 1. The van der Waals surface area contributed by atoms with Crippen LogP contribution < -0.4 is 4.74 Å². The monoisotopic (exact) mass is 344 g/mol. The second-order valence-corrected chi connectivity index (χ2v) is 7.75. The summed E-state index contributed by atoms with van der Waals surface area (Å²) in [4.78, 5) is 0. The van der Waals surface area contributed by atoms with Gasteiger partial charge in [-0.25, -0.2) is 8.42 Å². The van der Waals surface area contributed by atoms with E-state index in [1.165, 1.54) is 10.7 Å². The van der Waals surface area contributed by atoms with Crippen LogP contribution in [0.2, 0.25) is 0 Å². The van der Waals surface area contributed by atoms with Crippen molar-refractivity contribution in [2.75, 3.05) is 13.4 Å². The van der Waals surface area contributed by atoms with E-state index in [0.717, 1.165) is 22.4 Å². The maximum atomic E-state index is 12.2. The molecular weight excluding hydrogens is 324 g/mol. The molecule has 1 atom stereocenters.